The van der Waals surface area contributed by atoms with Gasteiger partial charge in [-0.15, -0.1) is 0 Å². The molecule has 1 atom stereocenters. The Balaban J connectivity index is 2.81. The average molecular weight is 211 g/mol. The molecule has 0 spiro atoms. The molecule has 0 aliphatic rings. The van der Waals surface area contributed by atoms with Gasteiger partial charge in [0.25, 0.3) is 0 Å². The minimum Gasteiger partial charge on any atom is -0.549 e. The van der Waals surface area contributed by atoms with E-state index in [2.05, 4.69) is 9.97 Å². The van der Waals surface area contributed by atoms with Crippen molar-refractivity contribution in [3.8, 4) is 0 Å². The molecule has 1 unspecified atom stereocenters. The topological polar surface area (TPSA) is 65.9 Å². The summed E-state index contributed by atoms with van der Waals surface area (Å²) >= 11 is 1.10. The van der Waals surface area contributed by atoms with Crippen molar-refractivity contribution in [2.75, 3.05) is 0 Å². The number of hydrogen-bond acceptors (Lipinski definition) is 5. The number of carboxylic acid groups (broad SMARTS) is 1. The fraction of sp³-hybridized carbons (Fsp3) is 0.444. The Kier molecular flexibility index (Phi) is 3.46. The van der Waals surface area contributed by atoms with E-state index in [-0.39, 0.29) is 0 Å². The van der Waals surface area contributed by atoms with Crippen LogP contribution in [0.2, 0.25) is 0 Å². The Morgan fingerprint density at radius 3 is 2.36 bits per heavy atom. The van der Waals surface area contributed by atoms with Gasteiger partial charge in [-0.05, 0) is 26.8 Å². The molecule has 0 saturated carbocycles. The van der Waals surface area contributed by atoms with Crippen molar-refractivity contribution in [3.63, 3.8) is 0 Å². The van der Waals surface area contributed by atoms with E-state index >= 15 is 0 Å². The second kappa shape index (κ2) is 4.41. The van der Waals surface area contributed by atoms with Crippen molar-refractivity contribution in [1.82, 2.24) is 9.97 Å². The van der Waals surface area contributed by atoms with Crippen molar-refractivity contribution in [1.29, 1.82) is 0 Å². The van der Waals surface area contributed by atoms with Crippen LogP contribution in [0, 0.1) is 13.8 Å². The van der Waals surface area contributed by atoms with Gasteiger partial charge in [-0.1, -0.05) is 11.8 Å². The summed E-state index contributed by atoms with van der Waals surface area (Å²) in [5, 5.41) is 10.3. The molecule has 0 saturated heterocycles. The van der Waals surface area contributed by atoms with Gasteiger partial charge < -0.3 is 9.90 Å². The van der Waals surface area contributed by atoms with Gasteiger partial charge in [0, 0.05) is 16.6 Å². The van der Waals surface area contributed by atoms with Crippen LogP contribution in [0.25, 0.3) is 0 Å². The van der Waals surface area contributed by atoms with Crippen molar-refractivity contribution in [2.45, 2.75) is 31.2 Å². The summed E-state index contributed by atoms with van der Waals surface area (Å²) < 4.78 is 0. The molecule has 14 heavy (non-hydrogen) atoms. The van der Waals surface area contributed by atoms with Crippen molar-refractivity contribution >= 4 is 17.7 Å². The number of aryl methyl sites for hydroxylation is 2. The molecule has 1 aromatic rings. The molecule has 0 radical (unpaired) electrons. The number of aromatic nitrogens is 2. The molecule has 0 bridgehead atoms. The van der Waals surface area contributed by atoms with Crippen LogP contribution in [0.1, 0.15) is 18.3 Å². The van der Waals surface area contributed by atoms with Crippen LogP contribution in [0.5, 0.6) is 0 Å². The summed E-state index contributed by atoms with van der Waals surface area (Å²) in [6, 6.07) is 1.84. The molecule has 4 nitrogen and oxygen atoms in total. The van der Waals surface area contributed by atoms with Gasteiger partial charge >= 0.3 is 0 Å². The maximum atomic E-state index is 10.5. The van der Waals surface area contributed by atoms with E-state index in [1.807, 2.05) is 19.9 Å². The van der Waals surface area contributed by atoms with Crippen LogP contribution in [-0.2, 0) is 4.79 Å². The molecule has 0 amide bonds. The Hall–Kier alpha value is -1.10. The van der Waals surface area contributed by atoms with Gasteiger partial charge in [0.05, 0.1) is 5.97 Å². The third kappa shape index (κ3) is 2.99. The van der Waals surface area contributed by atoms with Crippen LogP contribution in [0.15, 0.2) is 11.2 Å². The van der Waals surface area contributed by atoms with Gasteiger partial charge in [0.2, 0.25) is 0 Å². The van der Waals surface area contributed by atoms with Crippen molar-refractivity contribution in [2.24, 2.45) is 0 Å². The quantitative estimate of drug-likeness (QED) is 0.532. The number of aliphatic carboxylic acids is 1. The zero-order valence-corrected chi connectivity index (χ0v) is 9.09. The van der Waals surface area contributed by atoms with Gasteiger partial charge in [0.1, 0.15) is 0 Å². The molecule has 1 rings (SSSR count). The Morgan fingerprint density at radius 2 is 1.93 bits per heavy atom. The summed E-state index contributed by atoms with van der Waals surface area (Å²) in [4.78, 5) is 18.7. The summed E-state index contributed by atoms with van der Waals surface area (Å²) in [5.74, 6) is -1.10. The third-order valence-electron chi connectivity index (χ3n) is 1.58. The number of carboxylic acids is 1. The molecule has 1 aromatic heterocycles. The fourth-order valence-corrected chi connectivity index (χ4v) is 1.76. The highest BCUT2D eigenvalue weighted by Crippen LogP contribution is 2.19. The number of carbonyl (C=O) groups is 1. The lowest BCUT2D eigenvalue weighted by Gasteiger charge is -2.10. The number of carbonyl (C=O) groups excluding carboxylic acids is 1. The first-order chi connectivity index (χ1) is 6.49. The minimum absolute atomic E-state index is 0.485. The molecule has 0 aliphatic heterocycles. The van der Waals surface area contributed by atoms with Gasteiger partial charge in [-0.3, -0.25) is 0 Å². The Bertz CT molecular complexity index is 334. The predicted molar refractivity (Wildman–Crippen MR) is 51.8 cm³/mol. The lowest BCUT2D eigenvalue weighted by molar-refractivity contribution is -0.304. The summed E-state index contributed by atoms with van der Waals surface area (Å²) in [6.45, 7) is 5.26. The average Bonchev–Trinajstić information content (AvgIpc) is 2.01. The zero-order valence-electron chi connectivity index (χ0n) is 8.27. The molecule has 0 aliphatic carbocycles. The summed E-state index contributed by atoms with van der Waals surface area (Å²) in [5.41, 5.74) is 1.68. The van der Waals surface area contributed by atoms with E-state index in [0.717, 1.165) is 23.1 Å². The van der Waals surface area contributed by atoms with Gasteiger partial charge in [-0.25, -0.2) is 9.97 Å². The van der Waals surface area contributed by atoms with Crippen LogP contribution in [-0.4, -0.2) is 21.2 Å². The molecule has 0 N–H and O–H groups in total. The normalized spacial score (nSPS) is 12.5. The molecular formula is C9H11N2O2S-. The molecular weight excluding hydrogens is 200 g/mol. The second-order valence-electron chi connectivity index (χ2n) is 3.01. The third-order valence-corrected chi connectivity index (χ3v) is 2.52. The zero-order chi connectivity index (χ0) is 10.7. The Morgan fingerprint density at radius 1 is 1.43 bits per heavy atom. The SMILES string of the molecule is Cc1cc(C)nc(SC(C)C(=O)[O-])n1. The van der Waals surface area contributed by atoms with E-state index < -0.39 is 11.2 Å². The van der Waals surface area contributed by atoms with E-state index in [1.165, 1.54) is 0 Å². The molecule has 5 heteroatoms. The molecule has 1 heterocycles. The maximum absolute atomic E-state index is 10.5. The predicted octanol–water partition coefficient (Wildman–Crippen LogP) is 0.324. The lowest BCUT2D eigenvalue weighted by atomic mass is 10.4. The maximum Gasteiger partial charge on any atom is 0.188 e. The number of hydrogen-bond donors (Lipinski definition) is 0. The number of thioether (sulfide) groups is 1. The standard InChI is InChI=1S/C9H12N2O2S/c1-5-4-6(2)11-9(10-5)14-7(3)8(12)13/h4,7H,1-3H3,(H,12,13)/p-1. The molecule has 76 valence electrons. The molecule has 0 fully saturated rings. The summed E-state index contributed by atoms with van der Waals surface area (Å²) in [6.07, 6.45) is 0. The molecule has 0 aromatic carbocycles. The Labute approximate surface area is 86.8 Å². The fourth-order valence-electron chi connectivity index (χ4n) is 0.953. The lowest BCUT2D eigenvalue weighted by Crippen LogP contribution is -2.31. The minimum atomic E-state index is -1.10. The van der Waals surface area contributed by atoms with E-state index in [4.69, 9.17) is 0 Å². The number of nitrogens with zero attached hydrogens (tertiary/aromatic N) is 2. The van der Waals surface area contributed by atoms with Crippen LogP contribution >= 0.6 is 11.8 Å². The van der Waals surface area contributed by atoms with Crippen molar-refractivity contribution in [3.05, 3.63) is 17.5 Å². The first kappa shape index (κ1) is 11.0. The van der Waals surface area contributed by atoms with Gasteiger partial charge in [-0.2, -0.15) is 0 Å². The largest absolute Gasteiger partial charge is 0.549 e. The van der Waals surface area contributed by atoms with Gasteiger partial charge in [0.15, 0.2) is 5.16 Å². The monoisotopic (exact) mass is 211 g/mol. The van der Waals surface area contributed by atoms with E-state index in [0.29, 0.717) is 5.16 Å². The van der Waals surface area contributed by atoms with Crippen LogP contribution in [0.3, 0.4) is 0 Å². The summed E-state index contributed by atoms with van der Waals surface area (Å²) in [7, 11) is 0. The van der Waals surface area contributed by atoms with Crippen LogP contribution < -0.4 is 5.11 Å². The smallest absolute Gasteiger partial charge is 0.188 e. The number of rotatable bonds is 3. The van der Waals surface area contributed by atoms with Crippen LogP contribution in [0.4, 0.5) is 0 Å². The highest BCUT2D eigenvalue weighted by Gasteiger charge is 2.08. The highest BCUT2D eigenvalue weighted by molar-refractivity contribution is 8.00. The highest BCUT2D eigenvalue weighted by atomic mass is 32.2. The van der Waals surface area contributed by atoms with E-state index in [1.54, 1.807) is 6.92 Å². The first-order valence-corrected chi connectivity index (χ1v) is 5.07. The van der Waals surface area contributed by atoms with E-state index in [9.17, 15) is 9.90 Å². The first-order valence-electron chi connectivity index (χ1n) is 4.19. The second-order valence-corrected chi connectivity index (χ2v) is 4.32. The van der Waals surface area contributed by atoms with Crippen molar-refractivity contribution < 1.29 is 9.90 Å².